The third-order valence-electron chi connectivity index (χ3n) is 4.77. The van der Waals surface area contributed by atoms with Crippen LogP contribution in [0.3, 0.4) is 0 Å². The molecule has 1 aromatic heterocycles. The van der Waals surface area contributed by atoms with Gasteiger partial charge < -0.3 is 23.5 Å². The standard InChI is InChI=1S/C25H28N2O6S/c1-6-12-27-18-11-10-16(24(29)30-5)15-21(18)34-25(27)26-23(28)17-13-19(31-7-2)22(33-9-4)20(14-17)32-8-3/h6,10-11,13-15H,1,7-9,12H2,2-5H3. The lowest BCUT2D eigenvalue weighted by Crippen LogP contribution is -2.16. The van der Waals surface area contributed by atoms with Crippen molar-refractivity contribution in [1.82, 2.24) is 4.57 Å². The van der Waals surface area contributed by atoms with E-state index >= 15 is 0 Å². The molecule has 0 unspecified atom stereocenters. The number of carbonyl (C=O) groups excluding carboxylic acids is 2. The Kier molecular flexibility index (Phi) is 8.48. The van der Waals surface area contributed by atoms with Crippen molar-refractivity contribution in [3.05, 3.63) is 58.9 Å². The second-order valence-corrected chi connectivity index (χ2v) is 7.98. The Hall–Kier alpha value is -3.59. The van der Waals surface area contributed by atoms with Gasteiger partial charge in [0.05, 0.1) is 42.7 Å². The van der Waals surface area contributed by atoms with Crippen molar-refractivity contribution in [3.8, 4) is 17.2 Å². The highest BCUT2D eigenvalue weighted by molar-refractivity contribution is 7.16. The number of carbonyl (C=O) groups is 2. The first-order valence-corrected chi connectivity index (χ1v) is 11.8. The zero-order chi connectivity index (χ0) is 24.7. The second-order valence-electron chi connectivity index (χ2n) is 6.98. The average molecular weight is 485 g/mol. The molecule has 180 valence electrons. The lowest BCUT2D eigenvalue weighted by Gasteiger charge is -2.16. The molecular weight excluding hydrogens is 456 g/mol. The minimum atomic E-state index is -0.456. The molecule has 0 aliphatic carbocycles. The third-order valence-corrected chi connectivity index (χ3v) is 5.81. The average Bonchev–Trinajstić information content (AvgIpc) is 3.17. The molecule has 34 heavy (non-hydrogen) atoms. The first-order valence-electron chi connectivity index (χ1n) is 10.9. The summed E-state index contributed by atoms with van der Waals surface area (Å²) in [7, 11) is 1.34. The summed E-state index contributed by atoms with van der Waals surface area (Å²) in [5.74, 6) is 0.421. The zero-order valence-electron chi connectivity index (χ0n) is 19.8. The van der Waals surface area contributed by atoms with Crippen molar-refractivity contribution in [2.24, 2.45) is 4.99 Å². The molecule has 1 heterocycles. The number of ether oxygens (including phenoxy) is 4. The monoisotopic (exact) mass is 484 g/mol. The van der Waals surface area contributed by atoms with Gasteiger partial charge >= 0.3 is 5.97 Å². The fourth-order valence-corrected chi connectivity index (χ4v) is 4.45. The van der Waals surface area contributed by atoms with E-state index in [1.165, 1.54) is 18.4 Å². The van der Waals surface area contributed by atoms with Gasteiger partial charge in [-0.15, -0.1) is 6.58 Å². The van der Waals surface area contributed by atoms with E-state index in [0.29, 0.717) is 59.5 Å². The highest BCUT2D eigenvalue weighted by atomic mass is 32.1. The molecule has 0 aliphatic heterocycles. The van der Waals surface area contributed by atoms with Gasteiger partial charge in [0.1, 0.15) is 0 Å². The molecule has 0 radical (unpaired) electrons. The molecule has 3 aromatic rings. The van der Waals surface area contributed by atoms with E-state index in [1.807, 2.05) is 31.4 Å². The summed E-state index contributed by atoms with van der Waals surface area (Å²) >= 11 is 1.30. The highest BCUT2D eigenvalue weighted by Gasteiger charge is 2.19. The van der Waals surface area contributed by atoms with Gasteiger partial charge in [-0.3, -0.25) is 4.79 Å². The lowest BCUT2D eigenvalue weighted by molar-refractivity contribution is 0.0600. The van der Waals surface area contributed by atoms with Gasteiger partial charge in [-0.2, -0.15) is 4.99 Å². The van der Waals surface area contributed by atoms with Crippen LogP contribution in [0.15, 0.2) is 48.0 Å². The van der Waals surface area contributed by atoms with Crippen LogP contribution in [0.25, 0.3) is 10.2 Å². The molecule has 0 spiro atoms. The van der Waals surface area contributed by atoms with Crippen LogP contribution in [0.5, 0.6) is 17.2 Å². The number of aromatic nitrogens is 1. The number of thiazole rings is 1. The van der Waals surface area contributed by atoms with E-state index in [-0.39, 0.29) is 0 Å². The van der Waals surface area contributed by atoms with E-state index in [2.05, 4.69) is 11.6 Å². The number of hydrogen-bond donors (Lipinski definition) is 0. The number of amides is 1. The molecule has 1 amide bonds. The molecule has 0 saturated heterocycles. The molecule has 0 aliphatic rings. The number of nitrogens with zero attached hydrogens (tertiary/aromatic N) is 2. The summed E-state index contributed by atoms with van der Waals surface area (Å²) in [6.45, 7) is 11.1. The van der Waals surface area contributed by atoms with Crippen LogP contribution in [-0.2, 0) is 11.3 Å². The second kappa shape index (κ2) is 11.5. The van der Waals surface area contributed by atoms with Gasteiger partial charge in [-0.25, -0.2) is 4.79 Å². The number of allylic oxidation sites excluding steroid dienone is 1. The summed E-state index contributed by atoms with van der Waals surface area (Å²) in [6, 6.07) is 8.45. The molecule has 2 aromatic carbocycles. The number of fused-ring (bicyclic) bond motifs is 1. The van der Waals surface area contributed by atoms with Crippen LogP contribution in [0.2, 0.25) is 0 Å². The first-order chi connectivity index (χ1) is 16.5. The topological polar surface area (TPSA) is 88.4 Å². The van der Waals surface area contributed by atoms with Crippen LogP contribution in [0.1, 0.15) is 41.5 Å². The van der Waals surface area contributed by atoms with Crippen molar-refractivity contribution in [2.45, 2.75) is 27.3 Å². The summed E-state index contributed by atoms with van der Waals surface area (Å²) in [5, 5.41) is 0. The van der Waals surface area contributed by atoms with E-state index in [4.69, 9.17) is 18.9 Å². The van der Waals surface area contributed by atoms with Crippen molar-refractivity contribution in [3.63, 3.8) is 0 Å². The SMILES string of the molecule is C=CCn1c(=NC(=O)c2cc(OCC)c(OCC)c(OCC)c2)sc2cc(C(=O)OC)ccc21. The fourth-order valence-electron chi connectivity index (χ4n) is 3.37. The minimum Gasteiger partial charge on any atom is -0.490 e. The Morgan fingerprint density at radius 2 is 1.65 bits per heavy atom. The summed E-state index contributed by atoms with van der Waals surface area (Å²) < 4.78 is 24.6. The van der Waals surface area contributed by atoms with E-state index in [0.717, 1.165) is 10.2 Å². The van der Waals surface area contributed by atoms with Gasteiger partial charge in [0.2, 0.25) is 5.75 Å². The van der Waals surface area contributed by atoms with Crippen LogP contribution < -0.4 is 19.0 Å². The van der Waals surface area contributed by atoms with E-state index < -0.39 is 11.9 Å². The number of esters is 1. The predicted molar refractivity (Wildman–Crippen MR) is 131 cm³/mol. The first kappa shape index (κ1) is 25.0. The molecular formula is C25H28N2O6S. The predicted octanol–water partition coefficient (Wildman–Crippen LogP) is 4.61. The van der Waals surface area contributed by atoms with Crippen molar-refractivity contribution < 1.29 is 28.5 Å². The maximum atomic E-state index is 13.2. The molecule has 0 saturated carbocycles. The van der Waals surface area contributed by atoms with Crippen LogP contribution in [0, 0.1) is 0 Å². The Morgan fingerprint density at radius 3 is 2.21 bits per heavy atom. The van der Waals surface area contributed by atoms with Gasteiger partial charge in [0, 0.05) is 12.1 Å². The molecule has 8 nitrogen and oxygen atoms in total. The third kappa shape index (κ3) is 5.31. The van der Waals surface area contributed by atoms with Crippen molar-refractivity contribution >= 4 is 33.4 Å². The maximum absolute atomic E-state index is 13.2. The molecule has 0 fully saturated rings. The Bertz CT molecular complexity index is 1250. The summed E-state index contributed by atoms with van der Waals surface area (Å²) in [4.78, 5) is 30.0. The van der Waals surface area contributed by atoms with Crippen LogP contribution in [-0.4, -0.2) is 43.4 Å². The van der Waals surface area contributed by atoms with Crippen molar-refractivity contribution in [2.75, 3.05) is 26.9 Å². The van der Waals surface area contributed by atoms with E-state index in [9.17, 15) is 9.59 Å². The van der Waals surface area contributed by atoms with Crippen molar-refractivity contribution in [1.29, 1.82) is 0 Å². The highest BCUT2D eigenvalue weighted by Crippen LogP contribution is 2.39. The molecule has 0 N–H and O–H groups in total. The summed E-state index contributed by atoms with van der Waals surface area (Å²) in [6.07, 6.45) is 1.72. The lowest BCUT2D eigenvalue weighted by atomic mass is 10.1. The Morgan fingerprint density at radius 1 is 1.00 bits per heavy atom. The van der Waals surface area contributed by atoms with E-state index in [1.54, 1.807) is 30.3 Å². The molecule has 0 atom stereocenters. The smallest absolute Gasteiger partial charge is 0.337 e. The molecule has 9 heteroatoms. The van der Waals surface area contributed by atoms with Gasteiger partial charge in [0.15, 0.2) is 16.3 Å². The Labute approximate surface area is 202 Å². The number of methoxy groups -OCH3 is 1. The van der Waals surface area contributed by atoms with Gasteiger partial charge in [0.25, 0.3) is 5.91 Å². The maximum Gasteiger partial charge on any atom is 0.337 e. The van der Waals surface area contributed by atoms with Gasteiger partial charge in [-0.05, 0) is 51.1 Å². The quantitative estimate of drug-likeness (QED) is 0.308. The Balaban J connectivity index is 2.14. The fraction of sp³-hybridized carbons (Fsp3) is 0.320. The number of benzene rings is 2. The minimum absolute atomic E-state index is 0.313. The molecule has 0 bridgehead atoms. The number of rotatable bonds is 10. The summed E-state index contributed by atoms with van der Waals surface area (Å²) in [5.41, 5.74) is 1.57. The van der Waals surface area contributed by atoms with Gasteiger partial charge in [-0.1, -0.05) is 17.4 Å². The molecule has 3 rings (SSSR count). The van der Waals surface area contributed by atoms with Crippen LogP contribution in [0.4, 0.5) is 0 Å². The largest absolute Gasteiger partial charge is 0.490 e. The number of hydrogen-bond acceptors (Lipinski definition) is 7. The van der Waals surface area contributed by atoms with Crippen LogP contribution >= 0.6 is 11.3 Å². The zero-order valence-corrected chi connectivity index (χ0v) is 20.6. The normalized spacial score (nSPS) is 11.4.